The molecule has 3 aromatic carbocycles. The number of hydrogen-bond acceptors (Lipinski definition) is 12. The zero-order valence-corrected chi connectivity index (χ0v) is 48.3. The molecular weight excluding hydrogens is 1030 g/mol. The molecule has 0 radical (unpaired) electrons. The topological polar surface area (TPSA) is 218 Å². The van der Waals surface area contributed by atoms with Crippen LogP contribution in [0.4, 0.5) is 0 Å². The molecule has 4 N–H and O–H groups in total. The van der Waals surface area contributed by atoms with Crippen molar-refractivity contribution in [1.29, 1.82) is 0 Å². The van der Waals surface area contributed by atoms with Crippen LogP contribution >= 0.6 is 0 Å². The Morgan fingerprint density at radius 3 is 1.33 bits per heavy atom. The third-order valence-electron chi connectivity index (χ3n) is 16.5. The van der Waals surface area contributed by atoms with Crippen LogP contribution < -0.4 is 21.3 Å². The van der Waals surface area contributed by atoms with Crippen molar-refractivity contribution in [2.24, 2.45) is 11.8 Å². The van der Waals surface area contributed by atoms with Gasteiger partial charge in [-0.3, -0.25) is 24.0 Å². The van der Waals surface area contributed by atoms with Gasteiger partial charge in [-0.05, 0) is 139 Å². The van der Waals surface area contributed by atoms with Crippen LogP contribution in [0.15, 0.2) is 111 Å². The molecule has 17 nitrogen and oxygen atoms in total. The second kappa shape index (κ2) is 29.0. The Hall–Kier alpha value is -7.40. The average Bonchev–Trinajstić information content (AvgIpc) is 4.68. The number of aryl methyl sites for hydroxylation is 2. The summed E-state index contributed by atoms with van der Waals surface area (Å²) in [6.07, 6.45) is 15.5. The Morgan fingerprint density at radius 1 is 0.512 bits per heavy atom. The van der Waals surface area contributed by atoms with Gasteiger partial charge in [-0.15, -0.1) is 0 Å². The molecule has 6 aromatic rings. The van der Waals surface area contributed by atoms with Gasteiger partial charge in [0.05, 0.1) is 12.1 Å². The minimum absolute atomic E-state index is 0.0104. The Bertz CT molecular complexity index is 2990. The van der Waals surface area contributed by atoms with Crippen LogP contribution in [-0.4, -0.2) is 94.1 Å². The quantitative estimate of drug-likeness (QED) is 0.0712. The molecule has 0 bridgehead atoms. The van der Waals surface area contributed by atoms with Gasteiger partial charge in [-0.25, -0.2) is 0 Å². The summed E-state index contributed by atoms with van der Waals surface area (Å²) in [5, 5.41) is 24.4. The van der Waals surface area contributed by atoms with Gasteiger partial charge in [-0.2, -0.15) is 0 Å². The molecule has 3 aromatic heterocycles. The molecule has 2 atom stereocenters. The first-order valence-electron chi connectivity index (χ1n) is 30.2. The molecule has 436 valence electrons. The minimum atomic E-state index is -0.196. The molecule has 3 saturated carbocycles. The summed E-state index contributed by atoms with van der Waals surface area (Å²) in [5.41, 5.74) is 6.85. The van der Waals surface area contributed by atoms with Gasteiger partial charge in [0, 0.05) is 81.5 Å². The van der Waals surface area contributed by atoms with E-state index in [9.17, 15) is 24.0 Å². The van der Waals surface area contributed by atoms with E-state index >= 15 is 0 Å². The fourth-order valence-electron chi connectivity index (χ4n) is 10.9. The van der Waals surface area contributed by atoms with Gasteiger partial charge in [0.25, 0.3) is 17.7 Å². The first kappa shape index (κ1) is 59.2. The molecule has 6 fully saturated rings. The lowest BCUT2D eigenvalue weighted by atomic mass is 9.85. The first-order valence-corrected chi connectivity index (χ1v) is 30.2. The predicted molar refractivity (Wildman–Crippen MR) is 312 cm³/mol. The largest absolute Gasteiger partial charge is 0.360 e. The molecule has 6 heterocycles. The van der Waals surface area contributed by atoms with Gasteiger partial charge in [0.1, 0.15) is 17.3 Å². The second-order valence-corrected chi connectivity index (χ2v) is 23.0. The molecule has 0 spiro atoms. The zero-order chi connectivity index (χ0) is 57.4. The van der Waals surface area contributed by atoms with Gasteiger partial charge in [0.2, 0.25) is 11.8 Å². The number of benzene rings is 3. The predicted octanol–water partition coefficient (Wildman–Crippen LogP) is 11.2. The maximum Gasteiger partial charge on any atom is 0.273 e. The summed E-state index contributed by atoms with van der Waals surface area (Å²) in [5.74, 6) is 4.57. The van der Waals surface area contributed by atoms with E-state index in [4.69, 9.17) is 13.6 Å². The normalized spacial score (nSPS) is 18.0. The van der Waals surface area contributed by atoms with Gasteiger partial charge >= 0.3 is 0 Å². The summed E-state index contributed by atoms with van der Waals surface area (Å²) in [4.78, 5) is 64.5. The second-order valence-electron chi connectivity index (χ2n) is 23.0. The molecule has 2 unspecified atom stereocenters. The van der Waals surface area contributed by atoms with E-state index in [1.54, 1.807) is 12.1 Å². The lowest BCUT2D eigenvalue weighted by molar-refractivity contribution is -0.132. The molecule has 3 saturated heterocycles. The van der Waals surface area contributed by atoms with Crippen LogP contribution in [0.25, 0.3) is 0 Å². The number of carbonyl (C=O) groups excluding carboxylic acids is 5. The Balaban J connectivity index is 0.000000139. The number of aromatic nitrogens is 3. The van der Waals surface area contributed by atoms with E-state index in [0.29, 0.717) is 66.0 Å². The van der Waals surface area contributed by atoms with Crippen molar-refractivity contribution < 1.29 is 37.5 Å². The number of carbonyl (C=O) groups is 5. The van der Waals surface area contributed by atoms with E-state index < -0.39 is 0 Å². The van der Waals surface area contributed by atoms with Gasteiger partial charge < -0.3 is 44.6 Å². The molecule has 3 aliphatic carbocycles. The fourth-order valence-corrected chi connectivity index (χ4v) is 10.9. The number of nitrogens with zero attached hydrogens (tertiary/aromatic N) is 5. The summed E-state index contributed by atoms with van der Waals surface area (Å²) in [7, 11) is 0. The summed E-state index contributed by atoms with van der Waals surface area (Å²) in [6, 6.07) is 31.8. The van der Waals surface area contributed by atoms with E-state index in [1.165, 1.54) is 30.4 Å². The molecule has 5 amide bonds. The highest BCUT2D eigenvalue weighted by Crippen LogP contribution is 2.42. The summed E-state index contributed by atoms with van der Waals surface area (Å²) < 4.78 is 15.8. The number of rotatable bonds is 16. The molecular formula is C65H83N9O8. The standard InChI is InChI=1S/C23H29N3O3.C20H25N3O2.C14H14N2O2.C8H15NO/c1-3-21(27)26-12-10-18(11-13-26)22(17-6-4-15(2)5-7-17)24-23(28)19-14-20(29-25-19)16-8-9-16;1-13-2-4-15(5-3-13)19(16-8-10-21-11-9-16)22-20(24)17-12-18(25-23-17)14-6-7-14;17-14(15-9-10-4-2-1-3-5-10)12-8-13(18-16-12)11-6-7-11;1-2-8(10)9-6-4-3-5-7-9/h4-7,14,16,18,22H,3,8-13H2,1-2H3,(H,24,28);2-5,12,14,16,19,21H,6-11H2,1H3,(H,22,24);1-5,8,11H,6-7,9H2,(H,15,17);2-7H2,1H3. The lowest BCUT2D eigenvalue weighted by Gasteiger charge is -2.36. The number of piperidine rings is 3. The lowest BCUT2D eigenvalue weighted by Crippen LogP contribution is -2.42. The zero-order valence-electron chi connectivity index (χ0n) is 48.3. The smallest absolute Gasteiger partial charge is 0.273 e. The average molecular weight is 1120 g/mol. The summed E-state index contributed by atoms with van der Waals surface area (Å²) in [6.45, 7) is 13.9. The molecule has 17 heteroatoms. The third-order valence-corrected chi connectivity index (χ3v) is 16.5. The fraction of sp³-hybridized carbons (Fsp3) is 0.508. The molecule has 6 aliphatic rings. The number of hydrogen-bond donors (Lipinski definition) is 4. The number of amides is 5. The highest BCUT2D eigenvalue weighted by Gasteiger charge is 2.34. The van der Waals surface area contributed by atoms with E-state index in [-0.39, 0.29) is 41.6 Å². The molecule has 3 aliphatic heterocycles. The van der Waals surface area contributed by atoms with Crippen LogP contribution in [0, 0.1) is 25.7 Å². The highest BCUT2D eigenvalue weighted by molar-refractivity contribution is 5.93. The van der Waals surface area contributed by atoms with Crippen molar-refractivity contribution in [2.75, 3.05) is 39.3 Å². The monoisotopic (exact) mass is 1120 g/mol. The maximum absolute atomic E-state index is 12.9. The number of likely N-dealkylation sites (tertiary alicyclic amines) is 2. The maximum atomic E-state index is 12.9. The highest BCUT2D eigenvalue weighted by atomic mass is 16.5. The van der Waals surface area contributed by atoms with Crippen molar-refractivity contribution in [3.05, 3.63) is 159 Å². The van der Waals surface area contributed by atoms with Gasteiger partial charge in [-0.1, -0.05) is 119 Å². The molecule has 12 rings (SSSR count). The first-order chi connectivity index (χ1) is 39.9. The van der Waals surface area contributed by atoms with Crippen LogP contribution in [0.5, 0.6) is 0 Å². The van der Waals surface area contributed by atoms with Crippen LogP contribution in [-0.2, 0) is 16.1 Å². The van der Waals surface area contributed by atoms with Crippen LogP contribution in [0.1, 0.15) is 217 Å². The Morgan fingerprint density at radius 2 is 0.915 bits per heavy atom. The van der Waals surface area contributed by atoms with E-state index in [0.717, 1.165) is 137 Å². The van der Waals surface area contributed by atoms with E-state index in [2.05, 4.69) is 99.1 Å². The van der Waals surface area contributed by atoms with Gasteiger partial charge in [0.15, 0.2) is 17.1 Å². The Kier molecular flexibility index (Phi) is 21.0. The number of nitrogens with one attached hydrogen (secondary N) is 4. The van der Waals surface area contributed by atoms with Crippen LogP contribution in [0.3, 0.4) is 0 Å². The Labute approximate surface area is 482 Å². The van der Waals surface area contributed by atoms with Crippen molar-refractivity contribution in [1.82, 2.24) is 46.5 Å². The van der Waals surface area contributed by atoms with E-state index in [1.807, 2.05) is 60.0 Å². The van der Waals surface area contributed by atoms with Crippen molar-refractivity contribution >= 4 is 29.5 Å². The molecule has 82 heavy (non-hydrogen) atoms. The third kappa shape index (κ3) is 17.1. The minimum Gasteiger partial charge on any atom is -0.360 e. The van der Waals surface area contributed by atoms with Crippen molar-refractivity contribution in [2.45, 2.75) is 160 Å². The van der Waals surface area contributed by atoms with Crippen molar-refractivity contribution in [3.63, 3.8) is 0 Å². The summed E-state index contributed by atoms with van der Waals surface area (Å²) >= 11 is 0. The SMILES string of the molecule is CCC(=O)N1CCC(C(NC(=O)c2cc(C3CC3)on2)c2ccc(C)cc2)CC1.CCC(=O)N1CCCCC1.Cc1ccc(C(NC(=O)c2cc(C3CC3)on2)C2CCNCC2)cc1.O=C(NCc1ccccc1)c1cc(C2CC2)on1. The van der Waals surface area contributed by atoms with Crippen LogP contribution in [0.2, 0.25) is 0 Å². The van der Waals surface area contributed by atoms with Crippen molar-refractivity contribution in [3.8, 4) is 0 Å².